The average molecular weight is 390 g/mol. The molecule has 1 heterocycles. The number of carboxylic acids is 1. The van der Waals surface area contributed by atoms with E-state index < -0.39 is 49.7 Å². The summed E-state index contributed by atoms with van der Waals surface area (Å²) in [6, 6.07) is 0. The maximum Gasteiger partial charge on any atom is 0.303 e. The summed E-state index contributed by atoms with van der Waals surface area (Å²) in [5.74, 6) is -0.966. The van der Waals surface area contributed by atoms with Gasteiger partial charge < -0.3 is 40.5 Å². The quantitative estimate of drug-likeness (QED) is 0.174. The number of rotatable bonds is 13. The van der Waals surface area contributed by atoms with Gasteiger partial charge in [-0.3, -0.25) is 14.8 Å². The van der Waals surface area contributed by atoms with Crippen LogP contribution in [0.4, 0.5) is 0 Å². The highest BCUT2D eigenvalue weighted by Crippen LogP contribution is 2.17. The SMILES string of the molecule is O=C(O)CCCO[C@H](Cc1cnc([C@@H](O)[C@H](O)[C@H](O)CO)cn1)[C@H](O)CO. The molecule has 1 aromatic heterocycles. The Bertz CT molecular complexity index is 557. The van der Waals surface area contributed by atoms with Gasteiger partial charge in [-0.2, -0.15) is 0 Å². The summed E-state index contributed by atoms with van der Waals surface area (Å²) in [5.41, 5.74) is 0.333. The molecule has 11 heteroatoms. The van der Waals surface area contributed by atoms with Crippen molar-refractivity contribution < 1.29 is 45.3 Å². The molecule has 0 amide bonds. The third kappa shape index (κ3) is 7.81. The first-order valence-corrected chi connectivity index (χ1v) is 8.38. The molecule has 0 fully saturated rings. The highest BCUT2D eigenvalue weighted by atomic mass is 16.5. The lowest BCUT2D eigenvalue weighted by Crippen LogP contribution is -2.35. The van der Waals surface area contributed by atoms with Crippen molar-refractivity contribution >= 4 is 5.97 Å². The number of aliphatic carboxylic acids is 1. The number of aromatic nitrogens is 2. The van der Waals surface area contributed by atoms with Crippen LogP contribution in [0.2, 0.25) is 0 Å². The summed E-state index contributed by atoms with van der Waals surface area (Å²) >= 11 is 0. The fourth-order valence-corrected chi connectivity index (χ4v) is 2.20. The van der Waals surface area contributed by atoms with E-state index in [0.717, 1.165) is 0 Å². The van der Waals surface area contributed by atoms with Gasteiger partial charge >= 0.3 is 5.97 Å². The van der Waals surface area contributed by atoms with Crippen LogP contribution in [0.25, 0.3) is 0 Å². The molecule has 27 heavy (non-hydrogen) atoms. The third-order valence-electron chi connectivity index (χ3n) is 3.83. The van der Waals surface area contributed by atoms with Crippen molar-refractivity contribution in [3.63, 3.8) is 0 Å². The molecule has 0 bridgehead atoms. The fraction of sp³-hybridized carbons (Fsp3) is 0.688. The van der Waals surface area contributed by atoms with Crippen LogP contribution in [-0.2, 0) is 16.0 Å². The smallest absolute Gasteiger partial charge is 0.303 e. The highest BCUT2D eigenvalue weighted by Gasteiger charge is 2.27. The normalized spacial score (nSPS) is 17.1. The van der Waals surface area contributed by atoms with Crippen molar-refractivity contribution in [2.45, 2.75) is 49.8 Å². The number of aliphatic hydroxyl groups excluding tert-OH is 6. The molecule has 154 valence electrons. The molecule has 0 aromatic carbocycles. The molecule has 0 saturated heterocycles. The zero-order valence-corrected chi connectivity index (χ0v) is 14.6. The zero-order valence-electron chi connectivity index (χ0n) is 14.6. The van der Waals surface area contributed by atoms with Crippen LogP contribution in [0, 0.1) is 0 Å². The molecule has 0 aliphatic rings. The minimum absolute atomic E-state index is 0.0274. The van der Waals surface area contributed by atoms with Crippen LogP contribution in [0.15, 0.2) is 12.4 Å². The highest BCUT2D eigenvalue weighted by molar-refractivity contribution is 5.66. The Kier molecular flexibility index (Phi) is 10.3. The van der Waals surface area contributed by atoms with E-state index in [-0.39, 0.29) is 31.6 Å². The van der Waals surface area contributed by atoms with E-state index in [2.05, 4.69) is 9.97 Å². The number of carbonyl (C=O) groups is 1. The summed E-state index contributed by atoms with van der Waals surface area (Å²) in [4.78, 5) is 18.5. The van der Waals surface area contributed by atoms with Gasteiger partial charge in [0.15, 0.2) is 0 Å². The molecule has 1 rings (SSSR count). The molecular formula is C16H26N2O9. The topological polar surface area (TPSA) is 194 Å². The van der Waals surface area contributed by atoms with Crippen LogP contribution in [0.5, 0.6) is 0 Å². The summed E-state index contributed by atoms with van der Waals surface area (Å²) in [6.07, 6.45) is -4.11. The minimum atomic E-state index is -1.64. The van der Waals surface area contributed by atoms with Crippen molar-refractivity contribution in [2.24, 2.45) is 0 Å². The minimum Gasteiger partial charge on any atom is -0.481 e. The summed E-state index contributed by atoms with van der Waals surface area (Å²) in [7, 11) is 0. The fourth-order valence-electron chi connectivity index (χ4n) is 2.20. The van der Waals surface area contributed by atoms with Crippen molar-refractivity contribution in [2.75, 3.05) is 19.8 Å². The third-order valence-corrected chi connectivity index (χ3v) is 3.83. The Labute approximate surface area is 155 Å². The Morgan fingerprint density at radius 3 is 2.22 bits per heavy atom. The number of ether oxygens (including phenoxy) is 1. The van der Waals surface area contributed by atoms with Gasteiger partial charge in [0.25, 0.3) is 0 Å². The first-order valence-electron chi connectivity index (χ1n) is 8.38. The van der Waals surface area contributed by atoms with Crippen molar-refractivity contribution in [1.82, 2.24) is 9.97 Å². The predicted octanol–water partition coefficient (Wildman–Crippen LogP) is -2.63. The summed E-state index contributed by atoms with van der Waals surface area (Å²) in [6.45, 7) is -1.22. The Balaban J connectivity index is 2.69. The van der Waals surface area contributed by atoms with Gasteiger partial charge in [-0.25, -0.2) is 0 Å². The van der Waals surface area contributed by atoms with Crippen LogP contribution in [-0.4, -0.2) is 95.9 Å². The molecule has 0 radical (unpaired) electrons. The van der Waals surface area contributed by atoms with E-state index in [1.165, 1.54) is 12.4 Å². The Morgan fingerprint density at radius 1 is 1.04 bits per heavy atom. The summed E-state index contributed by atoms with van der Waals surface area (Å²) in [5, 5.41) is 65.3. The average Bonchev–Trinajstić information content (AvgIpc) is 2.68. The van der Waals surface area contributed by atoms with Gasteiger partial charge in [0.05, 0.1) is 36.9 Å². The van der Waals surface area contributed by atoms with E-state index in [1.807, 2.05) is 0 Å². The first kappa shape index (κ1) is 23.3. The first-order chi connectivity index (χ1) is 12.8. The van der Waals surface area contributed by atoms with Crippen molar-refractivity contribution in [3.8, 4) is 0 Å². The second-order valence-electron chi connectivity index (χ2n) is 5.98. The predicted molar refractivity (Wildman–Crippen MR) is 89.5 cm³/mol. The second-order valence-corrected chi connectivity index (χ2v) is 5.98. The molecule has 0 unspecified atom stereocenters. The molecule has 0 saturated carbocycles. The molecular weight excluding hydrogens is 364 g/mol. The lowest BCUT2D eigenvalue weighted by atomic mass is 10.1. The largest absolute Gasteiger partial charge is 0.481 e. The van der Waals surface area contributed by atoms with Crippen LogP contribution < -0.4 is 0 Å². The number of hydrogen-bond acceptors (Lipinski definition) is 10. The molecule has 11 nitrogen and oxygen atoms in total. The monoisotopic (exact) mass is 390 g/mol. The van der Waals surface area contributed by atoms with Gasteiger partial charge in [0.1, 0.15) is 24.4 Å². The van der Waals surface area contributed by atoms with E-state index in [4.69, 9.17) is 20.1 Å². The number of nitrogens with zero attached hydrogens (tertiary/aromatic N) is 2. The van der Waals surface area contributed by atoms with E-state index in [0.29, 0.717) is 5.69 Å². The standard InChI is InChI=1S/C16H26N2O9/c19-7-11(21)13(27-3-1-2-14(23)24)4-9-5-18-10(6-17-9)15(25)16(26)12(22)8-20/h5-6,11-13,15-16,19-22,25-26H,1-4,7-8H2,(H,23,24)/t11-,12-,13-,15-,16-/m1/s1. The van der Waals surface area contributed by atoms with Crippen LogP contribution in [0.1, 0.15) is 30.3 Å². The molecule has 7 N–H and O–H groups in total. The van der Waals surface area contributed by atoms with Gasteiger partial charge in [-0.1, -0.05) is 0 Å². The lowest BCUT2D eigenvalue weighted by molar-refractivity contribution is -0.137. The van der Waals surface area contributed by atoms with E-state index >= 15 is 0 Å². The van der Waals surface area contributed by atoms with Gasteiger partial charge in [-0.15, -0.1) is 0 Å². The van der Waals surface area contributed by atoms with Crippen LogP contribution >= 0.6 is 0 Å². The van der Waals surface area contributed by atoms with Crippen LogP contribution in [0.3, 0.4) is 0 Å². The number of aliphatic hydroxyl groups is 6. The number of hydrogen-bond donors (Lipinski definition) is 7. The van der Waals surface area contributed by atoms with Gasteiger partial charge in [0.2, 0.25) is 0 Å². The zero-order chi connectivity index (χ0) is 20.4. The maximum absolute atomic E-state index is 10.5. The molecule has 1 aromatic rings. The Morgan fingerprint density at radius 2 is 1.70 bits per heavy atom. The van der Waals surface area contributed by atoms with Gasteiger partial charge in [0, 0.05) is 25.6 Å². The molecule has 5 atom stereocenters. The molecule has 0 aliphatic carbocycles. The second kappa shape index (κ2) is 11.9. The number of carboxylic acid groups (broad SMARTS) is 1. The van der Waals surface area contributed by atoms with Crippen molar-refractivity contribution in [1.29, 1.82) is 0 Å². The van der Waals surface area contributed by atoms with E-state index in [1.54, 1.807) is 0 Å². The van der Waals surface area contributed by atoms with Crippen molar-refractivity contribution in [3.05, 3.63) is 23.8 Å². The Hall–Kier alpha value is -1.73. The maximum atomic E-state index is 10.5. The lowest BCUT2D eigenvalue weighted by Gasteiger charge is -2.22. The molecule has 0 spiro atoms. The van der Waals surface area contributed by atoms with Gasteiger partial charge in [-0.05, 0) is 6.42 Å². The summed E-state index contributed by atoms with van der Waals surface area (Å²) < 4.78 is 5.42. The van der Waals surface area contributed by atoms with E-state index in [9.17, 15) is 25.2 Å². The molecule has 0 aliphatic heterocycles.